The fourth-order valence-corrected chi connectivity index (χ4v) is 2.68. The molecule has 2 aromatic rings. The molecule has 106 valence electrons. The minimum absolute atomic E-state index is 0.600. The molecular formula is C15H16ClNO2S. The monoisotopic (exact) mass is 309 g/mol. The Morgan fingerprint density at radius 1 is 1.10 bits per heavy atom. The Labute approximate surface area is 128 Å². The number of nitrogen functional groups attached to an aromatic ring is 1. The Morgan fingerprint density at radius 2 is 1.80 bits per heavy atom. The first-order valence-corrected chi connectivity index (χ1v) is 7.50. The van der Waals surface area contributed by atoms with Crippen molar-refractivity contribution >= 4 is 29.1 Å². The van der Waals surface area contributed by atoms with Crippen molar-refractivity contribution in [3.63, 3.8) is 0 Å². The maximum absolute atomic E-state index is 5.94. The van der Waals surface area contributed by atoms with E-state index >= 15 is 0 Å². The fraction of sp³-hybridized carbons (Fsp3) is 0.200. The third-order valence-electron chi connectivity index (χ3n) is 2.64. The summed E-state index contributed by atoms with van der Waals surface area (Å²) in [7, 11) is 1.64. The zero-order valence-corrected chi connectivity index (χ0v) is 12.7. The first-order valence-electron chi connectivity index (χ1n) is 6.14. The van der Waals surface area contributed by atoms with Gasteiger partial charge in [0.1, 0.15) is 11.5 Å². The number of anilines is 1. The molecule has 0 fully saturated rings. The van der Waals surface area contributed by atoms with Crippen molar-refractivity contribution in [2.45, 2.75) is 4.90 Å². The summed E-state index contributed by atoms with van der Waals surface area (Å²) in [4.78, 5) is 0.982. The van der Waals surface area contributed by atoms with E-state index in [1.54, 1.807) is 24.9 Å². The highest BCUT2D eigenvalue weighted by Crippen LogP contribution is 2.28. The maximum atomic E-state index is 5.94. The molecule has 2 N–H and O–H groups in total. The summed E-state index contributed by atoms with van der Waals surface area (Å²) < 4.78 is 10.7. The summed E-state index contributed by atoms with van der Waals surface area (Å²) in [5, 5.41) is 0.692. The molecule has 0 aliphatic heterocycles. The van der Waals surface area contributed by atoms with Crippen LogP contribution in [0.2, 0.25) is 5.02 Å². The zero-order valence-electron chi connectivity index (χ0n) is 11.1. The number of thioether (sulfide) groups is 1. The zero-order chi connectivity index (χ0) is 14.4. The van der Waals surface area contributed by atoms with E-state index in [1.807, 2.05) is 36.4 Å². The predicted molar refractivity (Wildman–Crippen MR) is 85.1 cm³/mol. The number of benzene rings is 2. The molecule has 0 aliphatic carbocycles. The van der Waals surface area contributed by atoms with E-state index in [0.717, 1.165) is 27.8 Å². The Bertz CT molecular complexity index is 560. The fourth-order valence-electron chi connectivity index (χ4n) is 1.62. The average Bonchev–Trinajstić information content (AvgIpc) is 2.47. The van der Waals surface area contributed by atoms with Crippen LogP contribution in [0, 0.1) is 0 Å². The molecular weight excluding hydrogens is 294 g/mol. The topological polar surface area (TPSA) is 44.5 Å². The number of halogens is 1. The van der Waals surface area contributed by atoms with Gasteiger partial charge >= 0.3 is 0 Å². The number of ether oxygens (including phenoxy) is 2. The molecule has 0 aliphatic rings. The lowest BCUT2D eigenvalue weighted by molar-refractivity contribution is 0.342. The summed E-state index contributed by atoms with van der Waals surface area (Å²) in [6.45, 7) is 0.600. The summed E-state index contributed by atoms with van der Waals surface area (Å²) in [6.07, 6.45) is 0. The van der Waals surface area contributed by atoms with E-state index in [2.05, 4.69) is 0 Å². The molecule has 0 bridgehead atoms. The molecule has 0 spiro atoms. The third kappa shape index (κ3) is 4.25. The normalized spacial score (nSPS) is 10.3. The molecule has 2 aromatic carbocycles. The maximum Gasteiger partial charge on any atom is 0.119 e. The summed E-state index contributed by atoms with van der Waals surface area (Å²) >= 11 is 7.57. The largest absolute Gasteiger partial charge is 0.497 e. The van der Waals surface area contributed by atoms with Crippen LogP contribution in [-0.2, 0) is 0 Å². The third-order valence-corrected chi connectivity index (χ3v) is 3.92. The van der Waals surface area contributed by atoms with Crippen molar-refractivity contribution in [2.24, 2.45) is 0 Å². The Balaban J connectivity index is 1.79. The smallest absolute Gasteiger partial charge is 0.119 e. The van der Waals surface area contributed by atoms with Crippen LogP contribution in [0.25, 0.3) is 0 Å². The highest BCUT2D eigenvalue weighted by molar-refractivity contribution is 7.99. The van der Waals surface area contributed by atoms with Gasteiger partial charge in [0.05, 0.1) is 13.7 Å². The molecule has 0 saturated heterocycles. The van der Waals surface area contributed by atoms with Gasteiger partial charge < -0.3 is 15.2 Å². The van der Waals surface area contributed by atoms with E-state index in [4.69, 9.17) is 26.8 Å². The van der Waals surface area contributed by atoms with Crippen molar-refractivity contribution < 1.29 is 9.47 Å². The van der Waals surface area contributed by atoms with Gasteiger partial charge in [0.2, 0.25) is 0 Å². The molecule has 0 heterocycles. The molecule has 0 amide bonds. The second kappa shape index (κ2) is 7.31. The van der Waals surface area contributed by atoms with Crippen LogP contribution in [0.5, 0.6) is 11.5 Å². The van der Waals surface area contributed by atoms with Gasteiger partial charge in [-0.1, -0.05) is 11.6 Å². The van der Waals surface area contributed by atoms with Crippen molar-refractivity contribution in [3.05, 3.63) is 47.5 Å². The minimum atomic E-state index is 0.600. The van der Waals surface area contributed by atoms with Gasteiger partial charge in [0, 0.05) is 21.4 Å². The lowest BCUT2D eigenvalue weighted by Crippen LogP contribution is -2.00. The quantitative estimate of drug-likeness (QED) is 0.495. The van der Waals surface area contributed by atoms with E-state index in [0.29, 0.717) is 11.6 Å². The van der Waals surface area contributed by atoms with Crippen molar-refractivity contribution in [3.8, 4) is 11.5 Å². The van der Waals surface area contributed by atoms with Crippen molar-refractivity contribution in [2.75, 3.05) is 25.2 Å². The number of rotatable bonds is 6. The molecule has 5 heteroatoms. The Morgan fingerprint density at radius 3 is 2.50 bits per heavy atom. The lowest BCUT2D eigenvalue weighted by atomic mass is 10.3. The first kappa shape index (κ1) is 14.9. The van der Waals surface area contributed by atoms with E-state index in [-0.39, 0.29) is 0 Å². The molecule has 0 atom stereocenters. The molecule has 0 unspecified atom stereocenters. The van der Waals surface area contributed by atoms with Gasteiger partial charge in [-0.25, -0.2) is 0 Å². The highest BCUT2D eigenvalue weighted by atomic mass is 35.5. The van der Waals surface area contributed by atoms with E-state index in [9.17, 15) is 0 Å². The van der Waals surface area contributed by atoms with Crippen LogP contribution < -0.4 is 15.2 Å². The molecule has 3 nitrogen and oxygen atoms in total. The van der Waals surface area contributed by atoms with Crippen LogP contribution >= 0.6 is 23.4 Å². The standard InChI is InChI=1S/C15H16ClNO2S/c1-18-12-3-5-13(6-4-12)19-8-9-20-15-10-11(16)2-7-14(15)17/h2-7,10H,8-9,17H2,1H3. The van der Waals surface area contributed by atoms with Crippen LogP contribution in [0.3, 0.4) is 0 Å². The molecule has 0 aromatic heterocycles. The van der Waals surface area contributed by atoms with Gasteiger partial charge in [-0.3, -0.25) is 0 Å². The second-order valence-corrected chi connectivity index (χ2v) is 5.63. The van der Waals surface area contributed by atoms with E-state index < -0.39 is 0 Å². The van der Waals surface area contributed by atoms with Crippen LogP contribution in [-0.4, -0.2) is 19.5 Å². The molecule has 0 saturated carbocycles. The van der Waals surface area contributed by atoms with Crippen LogP contribution in [0.15, 0.2) is 47.4 Å². The number of nitrogens with two attached hydrogens (primary N) is 1. The first-order chi connectivity index (χ1) is 9.69. The van der Waals surface area contributed by atoms with Gasteiger partial charge in [0.25, 0.3) is 0 Å². The minimum Gasteiger partial charge on any atom is -0.497 e. The van der Waals surface area contributed by atoms with Crippen molar-refractivity contribution in [1.82, 2.24) is 0 Å². The van der Waals surface area contributed by atoms with Gasteiger partial charge in [-0.15, -0.1) is 11.8 Å². The van der Waals surface area contributed by atoms with Crippen LogP contribution in [0.1, 0.15) is 0 Å². The number of hydrogen-bond donors (Lipinski definition) is 1. The average molecular weight is 310 g/mol. The Hall–Kier alpha value is -1.52. The van der Waals surface area contributed by atoms with Gasteiger partial charge in [-0.05, 0) is 42.5 Å². The summed E-state index contributed by atoms with van der Waals surface area (Å²) in [5.41, 5.74) is 6.62. The van der Waals surface area contributed by atoms with Crippen molar-refractivity contribution in [1.29, 1.82) is 0 Å². The van der Waals surface area contributed by atoms with Crippen LogP contribution in [0.4, 0.5) is 5.69 Å². The molecule has 2 rings (SSSR count). The van der Waals surface area contributed by atoms with E-state index in [1.165, 1.54) is 0 Å². The molecule has 20 heavy (non-hydrogen) atoms. The summed E-state index contributed by atoms with van der Waals surface area (Å²) in [5.74, 6) is 2.44. The predicted octanol–water partition coefficient (Wildman–Crippen LogP) is 4.10. The molecule has 0 radical (unpaired) electrons. The second-order valence-electron chi connectivity index (χ2n) is 4.05. The number of methoxy groups -OCH3 is 1. The van der Waals surface area contributed by atoms with Gasteiger partial charge in [-0.2, -0.15) is 0 Å². The lowest BCUT2D eigenvalue weighted by Gasteiger charge is -2.08. The summed E-state index contributed by atoms with van der Waals surface area (Å²) in [6, 6.07) is 13.0. The SMILES string of the molecule is COc1ccc(OCCSc2cc(Cl)ccc2N)cc1. The highest BCUT2D eigenvalue weighted by Gasteiger charge is 2.02. The number of hydrogen-bond acceptors (Lipinski definition) is 4. The Kier molecular flexibility index (Phi) is 5.44. The van der Waals surface area contributed by atoms with Gasteiger partial charge in [0.15, 0.2) is 0 Å².